The van der Waals surface area contributed by atoms with Gasteiger partial charge in [0.25, 0.3) is 0 Å². The molecule has 0 aromatic heterocycles. The molecule has 23 heavy (non-hydrogen) atoms. The molecule has 124 valence electrons. The molecule has 1 unspecified atom stereocenters. The van der Waals surface area contributed by atoms with Crippen molar-refractivity contribution in [2.45, 2.75) is 64.8 Å². The van der Waals surface area contributed by atoms with Crippen molar-refractivity contribution in [3.05, 3.63) is 47.4 Å². The van der Waals surface area contributed by atoms with E-state index in [0.29, 0.717) is 6.04 Å². The topological polar surface area (TPSA) is 21.7 Å². The quantitative estimate of drug-likeness (QED) is 0.792. The predicted octanol–water partition coefficient (Wildman–Crippen LogP) is 3.84. The van der Waals surface area contributed by atoms with Crippen LogP contribution in [-0.4, -0.2) is 35.8 Å². The van der Waals surface area contributed by atoms with Gasteiger partial charge in [-0.2, -0.15) is 0 Å². The Balaban J connectivity index is 1.67. The first-order valence-corrected chi connectivity index (χ1v) is 8.61. The Morgan fingerprint density at radius 2 is 1.70 bits per heavy atom. The van der Waals surface area contributed by atoms with Gasteiger partial charge >= 0.3 is 7.12 Å². The molecule has 1 aromatic rings. The van der Waals surface area contributed by atoms with Crippen molar-refractivity contribution < 1.29 is 9.31 Å². The lowest BCUT2D eigenvalue weighted by molar-refractivity contribution is 0.00578. The molecule has 1 aromatic carbocycles. The lowest BCUT2D eigenvalue weighted by atomic mass is 9.73. The first-order chi connectivity index (χ1) is 10.8. The average Bonchev–Trinajstić information content (AvgIpc) is 2.71. The summed E-state index contributed by atoms with van der Waals surface area (Å²) in [4.78, 5) is 2.50. The Labute approximate surface area is 140 Å². The van der Waals surface area contributed by atoms with Gasteiger partial charge in [-0.05, 0) is 52.1 Å². The van der Waals surface area contributed by atoms with Gasteiger partial charge in [-0.15, -0.1) is 0 Å². The van der Waals surface area contributed by atoms with Gasteiger partial charge in [-0.25, -0.2) is 0 Å². The van der Waals surface area contributed by atoms with Crippen LogP contribution in [-0.2, 0) is 15.9 Å². The highest BCUT2D eigenvalue weighted by Crippen LogP contribution is 2.40. The SMILES string of the molecule is CC1CC(B2OC(C)(C)C(C)(C)O2)=CCN1Cc1ccccc1. The van der Waals surface area contributed by atoms with Crippen LogP contribution in [0.15, 0.2) is 41.9 Å². The van der Waals surface area contributed by atoms with Gasteiger partial charge < -0.3 is 9.31 Å². The lowest BCUT2D eigenvalue weighted by Crippen LogP contribution is -2.41. The molecule has 0 radical (unpaired) electrons. The molecule has 1 saturated heterocycles. The Morgan fingerprint density at radius 1 is 1.09 bits per heavy atom. The molecule has 0 aliphatic carbocycles. The van der Waals surface area contributed by atoms with Crippen molar-refractivity contribution in [3.8, 4) is 0 Å². The van der Waals surface area contributed by atoms with Gasteiger partial charge in [0.2, 0.25) is 0 Å². The maximum absolute atomic E-state index is 6.20. The number of benzene rings is 1. The Kier molecular flexibility index (Phi) is 4.43. The van der Waals surface area contributed by atoms with Crippen molar-refractivity contribution in [1.82, 2.24) is 4.90 Å². The molecule has 4 heteroatoms. The molecule has 0 amide bonds. The smallest absolute Gasteiger partial charge is 0.400 e. The minimum Gasteiger partial charge on any atom is -0.400 e. The van der Waals surface area contributed by atoms with Gasteiger partial charge in [-0.3, -0.25) is 4.90 Å². The number of rotatable bonds is 3. The molecule has 0 spiro atoms. The Hall–Kier alpha value is -1.10. The van der Waals surface area contributed by atoms with E-state index in [1.807, 2.05) is 0 Å². The molecule has 3 rings (SSSR count). The highest BCUT2D eigenvalue weighted by atomic mass is 16.7. The third kappa shape index (κ3) is 3.40. The predicted molar refractivity (Wildman–Crippen MR) is 95.1 cm³/mol. The number of hydrogen-bond donors (Lipinski definition) is 0. The van der Waals surface area contributed by atoms with Crippen LogP contribution >= 0.6 is 0 Å². The Bertz CT molecular complexity index is 566. The van der Waals surface area contributed by atoms with Crippen LogP contribution in [0.5, 0.6) is 0 Å². The molecule has 1 atom stereocenters. The summed E-state index contributed by atoms with van der Waals surface area (Å²) >= 11 is 0. The molecule has 0 bridgehead atoms. The monoisotopic (exact) mass is 313 g/mol. The number of nitrogens with zero attached hydrogens (tertiary/aromatic N) is 1. The van der Waals surface area contributed by atoms with Crippen LogP contribution in [0.25, 0.3) is 0 Å². The maximum Gasteiger partial charge on any atom is 0.490 e. The van der Waals surface area contributed by atoms with E-state index in [1.54, 1.807) is 0 Å². The van der Waals surface area contributed by atoms with Crippen molar-refractivity contribution >= 4 is 7.12 Å². The van der Waals surface area contributed by atoms with E-state index < -0.39 is 0 Å². The molecule has 2 aliphatic rings. The van der Waals surface area contributed by atoms with E-state index in [-0.39, 0.29) is 18.3 Å². The fraction of sp³-hybridized carbons (Fsp3) is 0.579. The summed E-state index contributed by atoms with van der Waals surface area (Å²) in [6.07, 6.45) is 3.30. The van der Waals surface area contributed by atoms with Crippen molar-refractivity contribution in [2.75, 3.05) is 6.54 Å². The van der Waals surface area contributed by atoms with Crippen LogP contribution < -0.4 is 0 Å². The van der Waals surface area contributed by atoms with Crippen LogP contribution in [0.1, 0.15) is 46.6 Å². The van der Waals surface area contributed by atoms with E-state index in [0.717, 1.165) is 19.5 Å². The van der Waals surface area contributed by atoms with Crippen LogP contribution in [0.2, 0.25) is 0 Å². The van der Waals surface area contributed by atoms with Gasteiger partial charge in [0.1, 0.15) is 0 Å². The van der Waals surface area contributed by atoms with Crippen LogP contribution in [0.3, 0.4) is 0 Å². The van der Waals surface area contributed by atoms with Crippen LogP contribution in [0, 0.1) is 0 Å². The molecule has 0 N–H and O–H groups in total. The van der Waals surface area contributed by atoms with E-state index in [9.17, 15) is 0 Å². The largest absolute Gasteiger partial charge is 0.490 e. The third-order valence-electron chi connectivity index (χ3n) is 5.53. The van der Waals surface area contributed by atoms with Gasteiger partial charge in [0.05, 0.1) is 11.2 Å². The standard InChI is InChI=1S/C19H28BNO2/c1-15-13-17(20-22-18(2,3)19(4,5)23-20)11-12-21(15)14-16-9-7-6-8-10-16/h6-11,15H,12-14H2,1-5H3. The summed E-state index contributed by atoms with van der Waals surface area (Å²) < 4.78 is 12.4. The molecule has 2 heterocycles. The van der Waals surface area contributed by atoms with Crippen molar-refractivity contribution in [2.24, 2.45) is 0 Å². The molecule has 3 nitrogen and oxygen atoms in total. The second-order valence-electron chi connectivity index (χ2n) is 7.84. The summed E-state index contributed by atoms with van der Waals surface area (Å²) in [5.74, 6) is 0. The molecule has 1 fully saturated rings. The summed E-state index contributed by atoms with van der Waals surface area (Å²) in [6, 6.07) is 11.2. The fourth-order valence-electron chi connectivity index (χ4n) is 3.19. The normalized spacial score (nSPS) is 27.1. The highest BCUT2D eigenvalue weighted by Gasteiger charge is 2.52. The van der Waals surface area contributed by atoms with Crippen molar-refractivity contribution in [1.29, 1.82) is 0 Å². The molecular weight excluding hydrogens is 285 g/mol. The van der Waals surface area contributed by atoms with Gasteiger partial charge in [0, 0.05) is 19.1 Å². The highest BCUT2D eigenvalue weighted by molar-refractivity contribution is 6.54. The Morgan fingerprint density at radius 3 is 2.26 bits per heavy atom. The maximum atomic E-state index is 6.20. The first-order valence-electron chi connectivity index (χ1n) is 8.61. The summed E-state index contributed by atoms with van der Waals surface area (Å²) in [5, 5.41) is 0. The molecule has 0 saturated carbocycles. The second-order valence-corrected chi connectivity index (χ2v) is 7.84. The van der Waals surface area contributed by atoms with E-state index in [4.69, 9.17) is 9.31 Å². The minimum atomic E-state index is -0.261. The minimum absolute atomic E-state index is 0.193. The first kappa shape index (κ1) is 16.8. The number of hydrogen-bond acceptors (Lipinski definition) is 3. The summed E-state index contributed by atoms with van der Waals surface area (Å²) in [5.41, 5.74) is 2.14. The zero-order chi connectivity index (χ0) is 16.7. The zero-order valence-corrected chi connectivity index (χ0v) is 15.0. The zero-order valence-electron chi connectivity index (χ0n) is 15.0. The summed E-state index contributed by atoms with van der Waals surface area (Å²) in [7, 11) is -0.193. The van der Waals surface area contributed by atoms with E-state index in [1.165, 1.54) is 11.0 Å². The molecule has 2 aliphatic heterocycles. The summed E-state index contributed by atoms with van der Waals surface area (Å²) in [6.45, 7) is 12.7. The van der Waals surface area contributed by atoms with Gasteiger partial charge in [-0.1, -0.05) is 36.4 Å². The lowest BCUT2D eigenvalue weighted by Gasteiger charge is -2.33. The van der Waals surface area contributed by atoms with Gasteiger partial charge in [0.15, 0.2) is 0 Å². The third-order valence-corrected chi connectivity index (χ3v) is 5.53. The second kappa shape index (κ2) is 6.08. The van der Waals surface area contributed by atoms with Crippen LogP contribution in [0.4, 0.5) is 0 Å². The van der Waals surface area contributed by atoms with E-state index >= 15 is 0 Å². The van der Waals surface area contributed by atoms with Crippen molar-refractivity contribution in [3.63, 3.8) is 0 Å². The fourth-order valence-corrected chi connectivity index (χ4v) is 3.19. The average molecular weight is 313 g/mol. The van der Waals surface area contributed by atoms with E-state index in [2.05, 4.69) is 75.9 Å². The molecular formula is C19H28BNO2.